The largest absolute Gasteiger partial charge is 0.365 e. The SMILES string of the molecule is NC(=O)c1c(Cl)ncnc1Nc1ccccc1. The summed E-state index contributed by atoms with van der Waals surface area (Å²) in [5.74, 6) is -0.377. The number of primary amides is 1. The third-order valence-electron chi connectivity index (χ3n) is 2.08. The monoisotopic (exact) mass is 248 g/mol. The summed E-state index contributed by atoms with van der Waals surface area (Å²) in [5, 5.41) is 2.99. The molecule has 0 spiro atoms. The van der Waals surface area contributed by atoms with Gasteiger partial charge in [-0.05, 0) is 12.1 Å². The zero-order valence-electron chi connectivity index (χ0n) is 8.72. The van der Waals surface area contributed by atoms with Gasteiger partial charge in [0.15, 0.2) is 0 Å². The van der Waals surface area contributed by atoms with Crippen molar-refractivity contribution < 1.29 is 4.79 Å². The molecule has 3 N–H and O–H groups in total. The van der Waals surface area contributed by atoms with Crippen LogP contribution in [0.25, 0.3) is 0 Å². The number of benzene rings is 1. The summed E-state index contributed by atoms with van der Waals surface area (Å²) < 4.78 is 0. The number of aromatic nitrogens is 2. The Balaban J connectivity index is 2.40. The molecule has 0 saturated carbocycles. The molecule has 2 rings (SSSR count). The van der Waals surface area contributed by atoms with Crippen molar-refractivity contribution in [2.75, 3.05) is 5.32 Å². The maximum Gasteiger partial charge on any atom is 0.255 e. The number of amides is 1. The van der Waals surface area contributed by atoms with Crippen molar-refractivity contribution in [3.8, 4) is 0 Å². The number of hydrogen-bond acceptors (Lipinski definition) is 4. The highest BCUT2D eigenvalue weighted by Gasteiger charge is 2.15. The van der Waals surface area contributed by atoms with Crippen LogP contribution in [0.2, 0.25) is 5.15 Å². The molecular weight excluding hydrogens is 240 g/mol. The van der Waals surface area contributed by atoms with E-state index in [1.165, 1.54) is 6.33 Å². The quantitative estimate of drug-likeness (QED) is 0.814. The molecule has 0 aliphatic carbocycles. The average Bonchev–Trinajstić information content (AvgIpc) is 2.30. The van der Waals surface area contributed by atoms with Gasteiger partial charge in [0, 0.05) is 5.69 Å². The van der Waals surface area contributed by atoms with Crippen LogP contribution in [0.15, 0.2) is 36.7 Å². The number of rotatable bonds is 3. The fourth-order valence-electron chi connectivity index (χ4n) is 1.34. The topological polar surface area (TPSA) is 80.9 Å². The van der Waals surface area contributed by atoms with Crippen molar-refractivity contribution in [1.82, 2.24) is 9.97 Å². The van der Waals surface area contributed by atoms with Gasteiger partial charge in [0.1, 0.15) is 22.9 Å². The minimum absolute atomic E-state index is 0.0333. The van der Waals surface area contributed by atoms with Gasteiger partial charge in [-0.2, -0.15) is 0 Å². The third-order valence-corrected chi connectivity index (χ3v) is 2.37. The maximum atomic E-state index is 11.3. The Morgan fingerprint density at radius 3 is 2.59 bits per heavy atom. The molecule has 0 radical (unpaired) electrons. The number of halogens is 1. The molecule has 6 heteroatoms. The standard InChI is InChI=1S/C11H9ClN4O/c12-9-8(10(13)17)11(15-6-14-9)16-7-4-2-1-3-5-7/h1-6H,(H2,13,17)(H,14,15,16). The highest BCUT2D eigenvalue weighted by atomic mass is 35.5. The van der Waals surface area contributed by atoms with Gasteiger partial charge in [-0.3, -0.25) is 4.79 Å². The highest BCUT2D eigenvalue weighted by Crippen LogP contribution is 2.22. The summed E-state index contributed by atoms with van der Waals surface area (Å²) in [6.07, 6.45) is 1.26. The predicted molar refractivity (Wildman–Crippen MR) is 65.3 cm³/mol. The smallest absolute Gasteiger partial charge is 0.255 e. The van der Waals surface area contributed by atoms with E-state index in [4.69, 9.17) is 17.3 Å². The Bertz CT molecular complexity index is 544. The second-order valence-corrected chi connectivity index (χ2v) is 3.60. The lowest BCUT2D eigenvalue weighted by atomic mass is 10.2. The van der Waals surface area contributed by atoms with Crippen LogP contribution < -0.4 is 11.1 Å². The molecule has 0 fully saturated rings. The lowest BCUT2D eigenvalue weighted by Gasteiger charge is -2.08. The summed E-state index contributed by atoms with van der Waals surface area (Å²) in [6.45, 7) is 0. The van der Waals surface area contributed by atoms with E-state index in [1.807, 2.05) is 30.3 Å². The Morgan fingerprint density at radius 1 is 1.24 bits per heavy atom. The van der Waals surface area contributed by atoms with Crippen molar-refractivity contribution in [3.05, 3.63) is 47.4 Å². The fraction of sp³-hybridized carbons (Fsp3) is 0. The Hall–Kier alpha value is -2.14. The summed E-state index contributed by atoms with van der Waals surface area (Å²) in [4.78, 5) is 18.9. The number of nitrogens with one attached hydrogen (secondary N) is 1. The molecule has 5 nitrogen and oxygen atoms in total. The van der Waals surface area contributed by atoms with Crippen molar-refractivity contribution in [2.24, 2.45) is 5.73 Å². The third kappa shape index (κ3) is 2.51. The Morgan fingerprint density at radius 2 is 1.94 bits per heavy atom. The van der Waals surface area contributed by atoms with E-state index in [0.29, 0.717) is 5.82 Å². The number of nitrogens with zero attached hydrogens (tertiary/aromatic N) is 2. The van der Waals surface area contributed by atoms with E-state index in [0.717, 1.165) is 5.69 Å². The molecule has 1 aromatic heterocycles. The molecule has 0 bridgehead atoms. The second-order valence-electron chi connectivity index (χ2n) is 3.24. The normalized spacial score (nSPS) is 9.94. The first-order valence-corrected chi connectivity index (χ1v) is 5.18. The van der Waals surface area contributed by atoms with Gasteiger partial charge in [-0.15, -0.1) is 0 Å². The summed E-state index contributed by atoms with van der Waals surface area (Å²) in [6, 6.07) is 9.26. The molecule has 1 amide bonds. The van der Waals surface area contributed by atoms with Crippen molar-refractivity contribution in [2.45, 2.75) is 0 Å². The first-order valence-electron chi connectivity index (χ1n) is 4.81. The molecule has 2 aromatic rings. The van der Waals surface area contributed by atoms with E-state index in [2.05, 4.69) is 15.3 Å². The van der Waals surface area contributed by atoms with Gasteiger partial charge in [-0.25, -0.2) is 9.97 Å². The van der Waals surface area contributed by atoms with Gasteiger partial charge in [0.2, 0.25) is 0 Å². The van der Waals surface area contributed by atoms with Crippen LogP contribution >= 0.6 is 11.6 Å². The van der Waals surface area contributed by atoms with Crippen LogP contribution in [0, 0.1) is 0 Å². The van der Waals surface area contributed by atoms with Crippen molar-refractivity contribution in [1.29, 1.82) is 0 Å². The zero-order valence-corrected chi connectivity index (χ0v) is 9.48. The lowest BCUT2D eigenvalue weighted by molar-refractivity contribution is 0.100. The number of para-hydroxylation sites is 1. The van der Waals surface area contributed by atoms with E-state index in [1.54, 1.807) is 0 Å². The molecule has 1 aromatic carbocycles. The minimum Gasteiger partial charge on any atom is -0.365 e. The van der Waals surface area contributed by atoms with Crippen LogP contribution in [0.3, 0.4) is 0 Å². The average molecular weight is 249 g/mol. The first-order chi connectivity index (χ1) is 8.18. The Labute approximate surface area is 103 Å². The van der Waals surface area contributed by atoms with Crippen LogP contribution in [0.4, 0.5) is 11.5 Å². The molecular formula is C11H9ClN4O. The number of nitrogens with two attached hydrogens (primary N) is 1. The van der Waals surface area contributed by atoms with Gasteiger partial charge in [0.25, 0.3) is 5.91 Å². The maximum absolute atomic E-state index is 11.3. The van der Waals surface area contributed by atoms with Crippen LogP contribution in [-0.4, -0.2) is 15.9 Å². The van der Waals surface area contributed by atoms with Crippen molar-refractivity contribution in [3.63, 3.8) is 0 Å². The summed E-state index contributed by atoms with van der Waals surface area (Å²) >= 11 is 5.80. The minimum atomic E-state index is -0.672. The summed E-state index contributed by atoms with van der Waals surface area (Å²) in [7, 11) is 0. The van der Waals surface area contributed by atoms with E-state index in [-0.39, 0.29) is 10.7 Å². The molecule has 0 aliphatic heterocycles. The van der Waals surface area contributed by atoms with Crippen LogP contribution in [0.5, 0.6) is 0 Å². The number of anilines is 2. The molecule has 0 unspecified atom stereocenters. The molecule has 1 heterocycles. The van der Waals surface area contributed by atoms with Gasteiger partial charge in [-0.1, -0.05) is 29.8 Å². The summed E-state index contributed by atoms with van der Waals surface area (Å²) in [5.41, 5.74) is 6.09. The number of carbonyl (C=O) groups excluding carboxylic acids is 1. The molecule has 86 valence electrons. The molecule has 17 heavy (non-hydrogen) atoms. The van der Waals surface area contributed by atoms with Gasteiger partial charge >= 0.3 is 0 Å². The highest BCUT2D eigenvalue weighted by molar-refractivity contribution is 6.33. The van der Waals surface area contributed by atoms with Crippen molar-refractivity contribution >= 4 is 29.0 Å². The zero-order chi connectivity index (χ0) is 12.3. The van der Waals surface area contributed by atoms with Gasteiger partial charge < -0.3 is 11.1 Å². The van der Waals surface area contributed by atoms with E-state index >= 15 is 0 Å². The first kappa shape index (κ1) is 11.3. The molecule has 0 saturated heterocycles. The second kappa shape index (κ2) is 4.80. The number of carbonyl (C=O) groups is 1. The van der Waals surface area contributed by atoms with E-state index < -0.39 is 5.91 Å². The number of hydrogen-bond donors (Lipinski definition) is 2. The van der Waals surface area contributed by atoms with Crippen LogP contribution in [0.1, 0.15) is 10.4 Å². The molecule has 0 atom stereocenters. The van der Waals surface area contributed by atoms with E-state index in [9.17, 15) is 4.79 Å². The lowest BCUT2D eigenvalue weighted by Crippen LogP contribution is -2.15. The van der Waals surface area contributed by atoms with Gasteiger partial charge in [0.05, 0.1) is 0 Å². The molecule has 0 aliphatic rings. The Kier molecular flexibility index (Phi) is 3.20. The van der Waals surface area contributed by atoms with Crippen LogP contribution in [-0.2, 0) is 0 Å². The fourth-order valence-corrected chi connectivity index (χ4v) is 1.56. The predicted octanol–water partition coefficient (Wildman–Crippen LogP) is 1.97.